The number of carbonyl (C=O) groups excluding carboxylic acids is 2. The molecule has 1 aromatic heterocycles. The maximum Gasteiger partial charge on any atom is 0.354 e. The monoisotopic (exact) mass is 527 g/mol. The smallest absolute Gasteiger partial charge is 0.354 e. The number of amides is 2. The number of methoxy groups -OCH3 is 1. The van der Waals surface area contributed by atoms with E-state index in [0.29, 0.717) is 41.3 Å². The van der Waals surface area contributed by atoms with Crippen molar-refractivity contribution < 1.29 is 29.0 Å². The van der Waals surface area contributed by atoms with E-state index >= 15 is 0 Å². The zero-order valence-corrected chi connectivity index (χ0v) is 21.8. The molecule has 0 spiro atoms. The minimum absolute atomic E-state index is 0.109. The fraction of sp³-hybridized carbons (Fsp3) is 0.333. The Morgan fingerprint density at radius 2 is 1.74 bits per heavy atom. The van der Waals surface area contributed by atoms with Crippen LogP contribution in [0.5, 0.6) is 11.5 Å². The molecule has 1 N–H and O–H groups in total. The van der Waals surface area contributed by atoms with Gasteiger partial charge in [-0.25, -0.2) is 9.78 Å². The predicted octanol–water partition coefficient (Wildman–Crippen LogP) is 4.99. The predicted molar refractivity (Wildman–Crippen MR) is 142 cm³/mol. The number of aromatic nitrogens is 1. The SMILES string of the molecule is COc1ccc(N2Cc3ccc(C(C)N4Cc5cnc(C(=O)O)cc5C4=O)cc3C2=O)cc1OC1CCCC1. The molecule has 9 nitrogen and oxygen atoms in total. The Hall–Kier alpha value is -4.40. The zero-order valence-electron chi connectivity index (χ0n) is 21.8. The van der Waals surface area contributed by atoms with Gasteiger partial charge in [-0.15, -0.1) is 0 Å². The number of benzene rings is 2. The molecule has 9 heteroatoms. The normalized spacial score (nSPS) is 17.4. The highest BCUT2D eigenvalue weighted by Crippen LogP contribution is 2.39. The van der Waals surface area contributed by atoms with Crippen LogP contribution in [-0.2, 0) is 13.1 Å². The van der Waals surface area contributed by atoms with E-state index < -0.39 is 5.97 Å². The van der Waals surface area contributed by atoms with Crippen molar-refractivity contribution in [1.82, 2.24) is 9.88 Å². The third kappa shape index (κ3) is 4.37. The van der Waals surface area contributed by atoms with Gasteiger partial charge in [-0.3, -0.25) is 9.59 Å². The van der Waals surface area contributed by atoms with Crippen molar-refractivity contribution >= 4 is 23.5 Å². The third-order valence-corrected chi connectivity index (χ3v) is 7.98. The Morgan fingerprint density at radius 1 is 0.974 bits per heavy atom. The summed E-state index contributed by atoms with van der Waals surface area (Å²) in [6.45, 7) is 2.68. The van der Waals surface area contributed by atoms with E-state index in [2.05, 4.69) is 4.98 Å². The molecule has 0 saturated heterocycles. The van der Waals surface area contributed by atoms with Crippen molar-refractivity contribution in [3.8, 4) is 11.5 Å². The lowest BCUT2D eigenvalue weighted by Crippen LogP contribution is -2.27. The molecule has 1 atom stereocenters. The number of carbonyl (C=O) groups is 3. The molecule has 2 amide bonds. The molecular weight excluding hydrogens is 498 g/mol. The van der Waals surface area contributed by atoms with Gasteiger partial charge in [-0.2, -0.15) is 0 Å². The molecule has 2 aromatic carbocycles. The summed E-state index contributed by atoms with van der Waals surface area (Å²) in [6, 6.07) is 12.3. The van der Waals surface area contributed by atoms with Gasteiger partial charge in [0.05, 0.1) is 25.8 Å². The summed E-state index contributed by atoms with van der Waals surface area (Å²) >= 11 is 0. The quantitative estimate of drug-likeness (QED) is 0.461. The Labute approximate surface area is 226 Å². The van der Waals surface area contributed by atoms with Crippen molar-refractivity contribution in [1.29, 1.82) is 0 Å². The molecule has 3 heterocycles. The lowest BCUT2D eigenvalue weighted by Gasteiger charge is -2.25. The van der Waals surface area contributed by atoms with Gasteiger partial charge >= 0.3 is 5.97 Å². The van der Waals surface area contributed by atoms with Gasteiger partial charge in [0.1, 0.15) is 5.69 Å². The van der Waals surface area contributed by atoms with E-state index in [9.17, 15) is 19.5 Å². The first-order valence-corrected chi connectivity index (χ1v) is 13.2. The Morgan fingerprint density at radius 3 is 2.49 bits per heavy atom. The van der Waals surface area contributed by atoms with Crippen molar-refractivity contribution in [3.63, 3.8) is 0 Å². The van der Waals surface area contributed by atoms with Crippen LogP contribution in [0, 0.1) is 0 Å². The maximum atomic E-state index is 13.6. The van der Waals surface area contributed by atoms with Crippen LogP contribution in [0.3, 0.4) is 0 Å². The number of carboxylic acid groups (broad SMARTS) is 1. The highest BCUT2D eigenvalue weighted by atomic mass is 16.5. The molecule has 0 radical (unpaired) electrons. The number of nitrogens with zero attached hydrogens (tertiary/aromatic N) is 3. The van der Waals surface area contributed by atoms with Crippen LogP contribution < -0.4 is 14.4 Å². The highest BCUT2D eigenvalue weighted by Gasteiger charge is 2.35. The van der Waals surface area contributed by atoms with Gasteiger partial charge < -0.3 is 24.4 Å². The van der Waals surface area contributed by atoms with Gasteiger partial charge in [0.2, 0.25) is 0 Å². The minimum atomic E-state index is -1.17. The van der Waals surface area contributed by atoms with E-state index in [1.807, 2.05) is 43.3 Å². The number of aromatic carboxylic acids is 1. The Bertz CT molecular complexity index is 1500. The molecule has 39 heavy (non-hydrogen) atoms. The summed E-state index contributed by atoms with van der Waals surface area (Å²) in [4.78, 5) is 45.3. The number of anilines is 1. The molecule has 1 saturated carbocycles. The molecule has 1 fully saturated rings. The maximum absolute atomic E-state index is 13.6. The number of hydrogen-bond acceptors (Lipinski definition) is 6. The van der Waals surface area contributed by atoms with Gasteiger partial charge in [0.25, 0.3) is 11.8 Å². The molecular formula is C30H29N3O6. The first kappa shape index (κ1) is 24.9. The number of carboxylic acids is 1. The summed E-state index contributed by atoms with van der Waals surface area (Å²) in [5.41, 5.74) is 3.98. The molecule has 6 rings (SSSR count). The third-order valence-electron chi connectivity index (χ3n) is 7.98. The van der Waals surface area contributed by atoms with Gasteiger partial charge in [-0.05, 0) is 68.0 Å². The second-order valence-electron chi connectivity index (χ2n) is 10.3. The van der Waals surface area contributed by atoms with Crippen molar-refractivity contribution in [2.24, 2.45) is 0 Å². The lowest BCUT2D eigenvalue weighted by molar-refractivity contribution is 0.0690. The zero-order chi connectivity index (χ0) is 27.3. The number of fused-ring (bicyclic) bond motifs is 2. The average Bonchev–Trinajstić information content (AvgIpc) is 3.66. The van der Waals surface area contributed by atoms with Crippen LogP contribution in [0.25, 0.3) is 0 Å². The molecule has 1 unspecified atom stereocenters. The molecule has 3 aromatic rings. The minimum Gasteiger partial charge on any atom is -0.493 e. The van der Waals surface area contributed by atoms with Crippen molar-refractivity contribution in [2.75, 3.05) is 12.0 Å². The fourth-order valence-corrected chi connectivity index (χ4v) is 5.73. The molecule has 200 valence electrons. The fourth-order valence-electron chi connectivity index (χ4n) is 5.73. The molecule has 1 aliphatic carbocycles. The summed E-state index contributed by atoms with van der Waals surface area (Å²) in [7, 11) is 1.61. The number of pyridine rings is 1. The standard InChI is InChI=1S/C30H29N3O6/c1-17(32-16-20-14-31-25(30(36)37)13-24(20)28(32)34)18-7-8-19-15-33(29(35)23(19)11-18)21-9-10-26(38-2)27(12-21)39-22-5-3-4-6-22/h7-14,17,22H,3-6,15-16H2,1-2H3,(H,36,37). The van der Waals surface area contributed by atoms with Crippen LogP contribution in [-0.4, -0.2) is 46.0 Å². The number of rotatable bonds is 7. The van der Waals surface area contributed by atoms with Gasteiger partial charge in [0.15, 0.2) is 11.5 Å². The van der Waals surface area contributed by atoms with Crippen LogP contribution in [0.4, 0.5) is 5.69 Å². The Kier molecular flexibility index (Phi) is 6.21. The second kappa shape index (κ2) is 9.72. The first-order chi connectivity index (χ1) is 18.8. The molecule has 2 aliphatic heterocycles. The van der Waals surface area contributed by atoms with E-state index in [1.54, 1.807) is 16.9 Å². The van der Waals surface area contributed by atoms with Crippen molar-refractivity contribution in [3.05, 3.63) is 82.2 Å². The molecule has 0 bridgehead atoms. The van der Waals surface area contributed by atoms with E-state index in [1.165, 1.54) is 12.3 Å². The van der Waals surface area contributed by atoms with E-state index in [4.69, 9.17) is 9.47 Å². The van der Waals surface area contributed by atoms with Crippen LogP contribution >= 0.6 is 0 Å². The largest absolute Gasteiger partial charge is 0.493 e. The first-order valence-electron chi connectivity index (χ1n) is 13.2. The summed E-state index contributed by atoms with van der Waals surface area (Å²) in [6.07, 6.45) is 5.96. The van der Waals surface area contributed by atoms with Crippen LogP contribution in [0.1, 0.15) is 86.5 Å². The van der Waals surface area contributed by atoms with Crippen LogP contribution in [0.15, 0.2) is 48.7 Å². The highest BCUT2D eigenvalue weighted by molar-refractivity contribution is 6.10. The van der Waals surface area contributed by atoms with Gasteiger partial charge in [-0.1, -0.05) is 12.1 Å². The second-order valence-corrected chi connectivity index (χ2v) is 10.3. The van der Waals surface area contributed by atoms with Crippen LogP contribution in [0.2, 0.25) is 0 Å². The van der Waals surface area contributed by atoms with Crippen molar-refractivity contribution in [2.45, 2.75) is 57.8 Å². The lowest BCUT2D eigenvalue weighted by atomic mass is 10.0. The van der Waals surface area contributed by atoms with Gasteiger partial charge in [0, 0.05) is 41.2 Å². The van der Waals surface area contributed by atoms with E-state index in [-0.39, 0.29) is 29.7 Å². The molecule has 3 aliphatic rings. The average molecular weight is 528 g/mol. The van der Waals surface area contributed by atoms with E-state index in [0.717, 1.165) is 42.5 Å². The summed E-state index contributed by atoms with van der Waals surface area (Å²) in [5, 5.41) is 9.24. The number of ether oxygens (including phenoxy) is 2. The summed E-state index contributed by atoms with van der Waals surface area (Å²) in [5.74, 6) is -0.236. The number of hydrogen-bond donors (Lipinski definition) is 1. The summed E-state index contributed by atoms with van der Waals surface area (Å²) < 4.78 is 11.7. The topological polar surface area (TPSA) is 109 Å². The Balaban J connectivity index is 1.23.